The van der Waals surface area contributed by atoms with Crippen LogP contribution in [0.5, 0.6) is 0 Å². The Morgan fingerprint density at radius 3 is 2.71 bits per heavy atom. The molecule has 0 radical (unpaired) electrons. The van der Waals surface area contributed by atoms with Gasteiger partial charge in [0, 0.05) is 12.0 Å². The van der Waals surface area contributed by atoms with Gasteiger partial charge in [0.2, 0.25) is 0 Å². The molecule has 0 aliphatic carbocycles. The molecule has 2 N–H and O–H groups in total. The van der Waals surface area contributed by atoms with Crippen molar-refractivity contribution in [3.63, 3.8) is 0 Å². The number of hydrogen-bond donors (Lipinski definition) is 1. The second-order valence-corrected chi connectivity index (χ2v) is 4.27. The predicted molar refractivity (Wildman–Crippen MR) is 56.2 cm³/mol. The number of furan rings is 1. The van der Waals surface area contributed by atoms with Gasteiger partial charge in [-0.05, 0) is 45.1 Å². The fourth-order valence-electron chi connectivity index (χ4n) is 2.18. The summed E-state index contributed by atoms with van der Waals surface area (Å²) in [5.74, 6) is 1.06. The van der Waals surface area contributed by atoms with E-state index in [1.54, 1.807) is 6.26 Å². The molecular formula is C11H18N2O. The van der Waals surface area contributed by atoms with E-state index in [1.165, 1.54) is 0 Å². The topological polar surface area (TPSA) is 42.4 Å². The monoisotopic (exact) mass is 194 g/mol. The smallest absolute Gasteiger partial charge is 0.111 e. The Morgan fingerprint density at radius 1 is 1.50 bits per heavy atom. The van der Waals surface area contributed by atoms with Gasteiger partial charge >= 0.3 is 0 Å². The molecule has 78 valence electrons. The second kappa shape index (κ2) is 3.75. The average Bonchev–Trinajstić information content (AvgIpc) is 2.73. The molecule has 0 amide bonds. The van der Waals surface area contributed by atoms with Crippen LogP contribution in [0.15, 0.2) is 22.8 Å². The summed E-state index contributed by atoms with van der Waals surface area (Å²) >= 11 is 0. The van der Waals surface area contributed by atoms with E-state index < -0.39 is 0 Å². The van der Waals surface area contributed by atoms with Crippen molar-refractivity contribution in [3.8, 4) is 0 Å². The first kappa shape index (κ1) is 9.74. The maximum Gasteiger partial charge on any atom is 0.111 e. The molecule has 3 nitrogen and oxygen atoms in total. The molecule has 1 saturated heterocycles. The molecule has 1 aliphatic heterocycles. The quantitative estimate of drug-likeness (QED) is 0.769. The number of nitrogens with two attached hydrogens (primary N) is 1. The van der Waals surface area contributed by atoms with Crippen molar-refractivity contribution >= 4 is 0 Å². The van der Waals surface area contributed by atoms with E-state index in [2.05, 4.69) is 18.0 Å². The number of likely N-dealkylation sites (tertiary alicyclic amines) is 1. The van der Waals surface area contributed by atoms with Crippen LogP contribution < -0.4 is 5.73 Å². The molecule has 1 aliphatic rings. The molecule has 0 saturated carbocycles. The third-order valence-electron chi connectivity index (χ3n) is 3.38. The lowest BCUT2D eigenvalue weighted by atomic mass is 9.76. The van der Waals surface area contributed by atoms with Crippen molar-refractivity contribution in [1.82, 2.24) is 4.90 Å². The summed E-state index contributed by atoms with van der Waals surface area (Å²) in [4.78, 5) is 2.34. The van der Waals surface area contributed by atoms with Crippen molar-refractivity contribution < 1.29 is 4.42 Å². The van der Waals surface area contributed by atoms with Gasteiger partial charge in [-0.3, -0.25) is 0 Å². The van der Waals surface area contributed by atoms with E-state index in [0.717, 1.165) is 31.7 Å². The highest BCUT2D eigenvalue weighted by Gasteiger charge is 2.36. The van der Waals surface area contributed by atoms with Gasteiger partial charge in [0.25, 0.3) is 0 Å². The summed E-state index contributed by atoms with van der Waals surface area (Å²) in [6.45, 7) is 2.91. The van der Waals surface area contributed by atoms with Crippen LogP contribution in [0.2, 0.25) is 0 Å². The lowest BCUT2D eigenvalue weighted by Crippen LogP contribution is -2.45. The molecule has 0 bridgehead atoms. The maximum absolute atomic E-state index is 5.90. The third kappa shape index (κ3) is 1.57. The van der Waals surface area contributed by atoms with E-state index in [4.69, 9.17) is 10.2 Å². The van der Waals surface area contributed by atoms with Crippen molar-refractivity contribution in [2.24, 2.45) is 5.73 Å². The van der Waals surface area contributed by atoms with Gasteiger partial charge in [-0.2, -0.15) is 0 Å². The molecular weight excluding hydrogens is 176 g/mol. The molecule has 0 aromatic carbocycles. The van der Waals surface area contributed by atoms with Gasteiger partial charge < -0.3 is 15.1 Å². The fraction of sp³-hybridized carbons (Fsp3) is 0.636. The molecule has 0 atom stereocenters. The molecule has 14 heavy (non-hydrogen) atoms. The van der Waals surface area contributed by atoms with Crippen LogP contribution >= 0.6 is 0 Å². The number of hydrogen-bond acceptors (Lipinski definition) is 3. The normalized spacial score (nSPS) is 22.4. The highest BCUT2D eigenvalue weighted by Crippen LogP contribution is 2.34. The standard InChI is InChI=1S/C11H18N2O/c1-13-6-4-11(9-12,5-7-13)10-3-2-8-14-10/h2-3,8H,4-7,9,12H2,1H3. The van der Waals surface area contributed by atoms with Crippen molar-refractivity contribution in [2.45, 2.75) is 18.3 Å². The largest absolute Gasteiger partial charge is 0.469 e. The Morgan fingerprint density at radius 2 is 2.21 bits per heavy atom. The summed E-state index contributed by atoms with van der Waals surface area (Å²) < 4.78 is 5.50. The summed E-state index contributed by atoms with van der Waals surface area (Å²) in [7, 11) is 2.16. The summed E-state index contributed by atoms with van der Waals surface area (Å²) in [5.41, 5.74) is 5.99. The van der Waals surface area contributed by atoms with Crippen LogP contribution in [-0.4, -0.2) is 31.6 Å². The first-order chi connectivity index (χ1) is 6.77. The fourth-order valence-corrected chi connectivity index (χ4v) is 2.18. The average molecular weight is 194 g/mol. The number of nitrogens with zero attached hydrogens (tertiary/aromatic N) is 1. The highest BCUT2D eigenvalue weighted by atomic mass is 16.3. The van der Waals surface area contributed by atoms with Crippen LogP contribution in [0.4, 0.5) is 0 Å². The van der Waals surface area contributed by atoms with Gasteiger partial charge in [-0.1, -0.05) is 0 Å². The third-order valence-corrected chi connectivity index (χ3v) is 3.38. The second-order valence-electron chi connectivity index (χ2n) is 4.27. The molecule has 0 spiro atoms. The molecule has 1 fully saturated rings. The Balaban J connectivity index is 2.19. The number of piperidine rings is 1. The zero-order chi connectivity index (χ0) is 10.0. The predicted octanol–water partition coefficient (Wildman–Crippen LogP) is 1.20. The Labute approximate surface area is 84.9 Å². The van der Waals surface area contributed by atoms with Crippen LogP contribution in [0.3, 0.4) is 0 Å². The summed E-state index contributed by atoms with van der Waals surface area (Å²) in [6, 6.07) is 4.00. The van der Waals surface area contributed by atoms with Crippen molar-refractivity contribution in [1.29, 1.82) is 0 Å². The zero-order valence-corrected chi connectivity index (χ0v) is 8.70. The molecule has 1 aromatic heterocycles. The molecule has 0 unspecified atom stereocenters. The first-order valence-electron chi connectivity index (χ1n) is 5.19. The van der Waals surface area contributed by atoms with E-state index >= 15 is 0 Å². The van der Waals surface area contributed by atoms with Crippen molar-refractivity contribution in [2.75, 3.05) is 26.7 Å². The maximum atomic E-state index is 5.90. The van der Waals surface area contributed by atoms with Gasteiger partial charge in [0.15, 0.2) is 0 Å². The minimum atomic E-state index is 0.0933. The van der Waals surface area contributed by atoms with E-state index in [-0.39, 0.29) is 5.41 Å². The van der Waals surface area contributed by atoms with E-state index in [1.807, 2.05) is 6.07 Å². The Hall–Kier alpha value is -0.800. The van der Waals surface area contributed by atoms with Crippen LogP contribution in [0.1, 0.15) is 18.6 Å². The van der Waals surface area contributed by atoms with Crippen molar-refractivity contribution in [3.05, 3.63) is 24.2 Å². The summed E-state index contributed by atoms with van der Waals surface area (Å²) in [5, 5.41) is 0. The highest BCUT2D eigenvalue weighted by molar-refractivity contribution is 5.16. The van der Waals surface area contributed by atoms with Crippen LogP contribution in [0, 0.1) is 0 Å². The summed E-state index contributed by atoms with van der Waals surface area (Å²) in [6.07, 6.45) is 3.95. The minimum Gasteiger partial charge on any atom is -0.469 e. The van der Waals surface area contributed by atoms with Gasteiger partial charge in [-0.15, -0.1) is 0 Å². The molecule has 2 rings (SSSR count). The van der Waals surface area contributed by atoms with Gasteiger partial charge in [0.05, 0.1) is 6.26 Å². The first-order valence-corrected chi connectivity index (χ1v) is 5.19. The SMILES string of the molecule is CN1CCC(CN)(c2ccco2)CC1. The Kier molecular flexibility index (Phi) is 2.61. The van der Waals surface area contributed by atoms with Crippen LogP contribution in [0.25, 0.3) is 0 Å². The molecule has 1 aromatic rings. The minimum absolute atomic E-state index is 0.0933. The molecule has 2 heterocycles. The Bertz CT molecular complexity index is 273. The lowest BCUT2D eigenvalue weighted by molar-refractivity contribution is 0.170. The van der Waals surface area contributed by atoms with E-state index in [9.17, 15) is 0 Å². The van der Waals surface area contributed by atoms with Gasteiger partial charge in [-0.25, -0.2) is 0 Å². The molecule has 3 heteroatoms. The zero-order valence-electron chi connectivity index (χ0n) is 8.70. The van der Waals surface area contributed by atoms with Crippen LogP contribution in [-0.2, 0) is 5.41 Å². The van der Waals surface area contributed by atoms with E-state index in [0.29, 0.717) is 6.54 Å². The number of rotatable bonds is 2. The lowest BCUT2D eigenvalue weighted by Gasteiger charge is -2.38. The van der Waals surface area contributed by atoms with Gasteiger partial charge in [0.1, 0.15) is 5.76 Å².